The molecule has 0 aromatic heterocycles. The fourth-order valence-corrected chi connectivity index (χ4v) is 1.16. The molecule has 3 atom stereocenters. The molecule has 86 valence electrons. The van der Waals surface area contributed by atoms with E-state index < -0.39 is 0 Å². The first kappa shape index (κ1) is 9.95. The predicted octanol–water partition coefficient (Wildman–Crippen LogP) is -0.526. The normalized spacial score (nSPS) is 38.8. The van der Waals surface area contributed by atoms with Gasteiger partial charge in [0.2, 0.25) is 0 Å². The van der Waals surface area contributed by atoms with Crippen LogP contribution in [0.3, 0.4) is 0 Å². The largest absolute Gasteiger partial charge is 0.347 e. The van der Waals surface area contributed by atoms with Gasteiger partial charge in [0.05, 0.1) is 13.2 Å². The second-order valence-corrected chi connectivity index (χ2v) is 3.71. The Kier molecular flexibility index (Phi) is 2.87. The molecule has 15 heavy (non-hydrogen) atoms. The van der Waals surface area contributed by atoms with Crippen LogP contribution in [-0.2, 0) is 28.4 Å². The first-order chi connectivity index (χ1) is 7.40. The fourth-order valence-electron chi connectivity index (χ4n) is 1.16. The van der Waals surface area contributed by atoms with E-state index in [4.69, 9.17) is 28.4 Å². The van der Waals surface area contributed by atoms with Gasteiger partial charge >= 0.3 is 0 Å². The van der Waals surface area contributed by atoms with Gasteiger partial charge in [0.15, 0.2) is 18.9 Å². The minimum Gasteiger partial charge on any atom is -0.347 e. The van der Waals surface area contributed by atoms with Crippen molar-refractivity contribution in [1.82, 2.24) is 0 Å². The lowest BCUT2D eigenvalue weighted by Crippen LogP contribution is -2.28. The molecule has 0 spiro atoms. The van der Waals surface area contributed by atoms with Crippen LogP contribution in [0.4, 0.5) is 0 Å². The average Bonchev–Trinajstić information content (AvgIpc) is 3.12. The molecular formula is C9H14O6. The van der Waals surface area contributed by atoms with Crippen LogP contribution in [0.2, 0.25) is 0 Å². The molecule has 0 bridgehead atoms. The van der Waals surface area contributed by atoms with Crippen LogP contribution in [-0.4, -0.2) is 58.0 Å². The lowest BCUT2D eigenvalue weighted by atomic mass is 10.4. The first-order valence-corrected chi connectivity index (χ1v) is 5.13. The molecular weight excluding hydrogens is 204 g/mol. The van der Waals surface area contributed by atoms with Crippen LogP contribution >= 0.6 is 0 Å². The van der Waals surface area contributed by atoms with Gasteiger partial charge in [-0.15, -0.1) is 0 Å². The summed E-state index contributed by atoms with van der Waals surface area (Å²) in [6.07, 6.45) is -0.282. The maximum atomic E-state index is 5.53. The van der Waals surface area contributed by atoms with E-state index in [9.17, 15) is 0 Å². The molecule has 3 aliphatic rings. The molecule has 0 aromatic rings. The standard InChI is InChI=1S/C9H14O6/c1(10-7-3-12-7)6(15-9-5-14-9)2-11-8-4-13-8/h6-9H,1-5H2. The van der Waals surface area contributed by atoms with Gasteiger partial charge in [0, 0.05) is 0 Å². The van der Waals surface area contributed by atoms with Crippen molar-refractivity contribution in [2.24, 2.45) is 0 Å². The average molecular weight is 218 g/mol. The number of ether oxygens (including phenoxy) is 6. The summed E-state index contributed by atoms with van der Waals surface area (Å²) in [6, 6.07) is 0. The van der Waals surface area contributed by atoms with Crippen LogP contribution < -0.4 is 0 Å². The first-order valence-electron chi connectivity index (χ1n) is 5.13. The van der Waals surface area contributed by atoms with Gasteiger partial charge in [-0.1, -0.05) is 0 Å². The van der Waals surface area contributed by atoms with Gasteiger partial charge in [-0.2, -0.15) is 0 Å². The zero-order valence-corrected chi connectivity index (χ0v) is 8.29. The quantitative estimate of drug-likeness (QED) is 0.510. The molecule has 0 amide bonds. The maximum absolute atomic E-state index is 5.53. The van der Waals surface area contributed by atoms with Crippen LogP contribution in [0.25, 0.3) is 0 Å². The van der Waals surface area contributed by atoms with Crippen LogP contribution in [0.5, 0.6) is 0 Å². The van der Waals surface area contributed by atoms with Crippen LogP contribution in [0, 0.1) is 0 Å². The lowest BCUT2D eigenvalue weighted by molar-refractivity contribution is -0.111. The molecule has 0 radical (unpaired) electrons. The molecule has 0 aliphatic carbocycles. The summed E-state index contributed by atoms with van der Waals surface area (Å²) in [5, 5.41) is 0. The Bertz CT molecular complexity index is 195. The Balaban J connectivity index is 1.35. The second kappa shape index (κ2) is 4.32. The molecule has 3 heterocycles. The highest BCUT2D eigenvalue weighted by Crippen LogP contribution is 2.18. The number of epoxide rings is 3. The summed E-state index contributed by atoms with van der Waals surface area (Å²) in [7, 11) is 0. The molecule has 3 unspecified atom stereocenters. The Morgan fingerprint density at radius 3 is 1.73 bits per heavy atom. The van der Waals surface area contributed by atoms with E-state index in [1.807, 2.05) is 0 Å². The Morgan fingerprint density at radius 1 is 0.867 bits per heavy atom. The van der Waals surface area contributed by atoms with E-state index in [0.29, 0.717) is 33.0 Å². The molecule has 3 fully saturated rings. The van der Waals surface area contributed by atoms with Crippen LogP contribution in [0.1, 0.15) is 0 Å². The molecule has 0 aromatic carbocycles. The van der Waals surface area contributed by atoms with Crippen molar-refractivity contribution in [3.05, 3.63) is 0 Å². The second-order valence-electron chi connectivity index (χ2n) is 3.71. The van der Waals surface area contributed by atoms with Gasteiger partial charge in [0.25, 0.3) is 0 Å². The summed E-state index contributed by atoms with van der Waals surface area (Å²) in [4.78, 5) is 0. The van der Waals surface area contributed by atoms with Crippen molar-refractivity contribution in [1.29, 1.82) is 0 Å². The van der Waals surface area contributed by atoms with Crippen LogP contribution in [0.15, 0.2) is 0 Å². The summed E-state index contributed by atoms with van der Waals surface area (Å²) < 4.78 is 31.2. The van der Waals surface area contributed by atoms with Gasteiger partial charge in [-0.05, 0) is 0 Å². The molecule has 3 aliphatic heterocycles. The van der Waals surface area contributed by atoms with E-state index in [-0.39, 0.29) is 25.0 Å². The Hall–Kier alpha value is -0.240. The van der Waals surface area contributed by atoms with Crippen molar-refractivity contribution in [3.63, 3.8) is 0 Å². The molecule has 6 nitrogen and oxygen atoms in total. The van der Waals surface area contributed by atoms with Gasteiger partial charge < -0.3 is 28.4 Å². The van der Waals surface area contributed by atoms with Crippen molar-refractivity contribution < 1.29 is 28.4 Å². The van der Waals surface area contributed by atoms with Gasteiger partial charge in [0.1, 0.15) is 25.9 Å². The highest BCUT2D eigenvalue weighted by Gasteiger charge is 2.32. The SMILES string of the molecule is C(OC1CO1)C(COC1CO1)OC1CO1. The minimum absolute atomic E-state index is 0.0478. The Morgan fingerprint density at radius 2 is 1.33 bits per heavy atom. The predicted molar refractivity (Wildman–Crippen MR) is 46.0 cm³/mol. The van der Waals surface area contributed by atoms with Gasteiger partial charge in [-0.3, -0.25) is 0 Å². The summed E-state index contributed by atoms with van der Waals surface area (Å²) in [6.45, 7) is 2.96. The Labute approximate surface area is 87.3 Å². The van der Waals surface area contributed by atoms with E-state index in [2.05, 4.69) is 0 Å². The third-order valence-corrected chi connectivity index (χ3v) is 2.19. The van der Waals surface area contributed by atoms with E-state index in [1.165, 1.54) is 0 Å². The molecule has 3 rings (SSSR count). The summed E-state index contributed by atoms with van der Waals surface area (Å²) in [5.74, 6) is 0. The van der Waals surface area contributed by atoms with Crippen molar-refractivity contribution in [2.75, 3.05) is 33.0 Å². The third kappa shape index (κ3) is 3.67. The van der Waals surface area contributed by atoms with Crippen molar-refractivity contribution in [2.45, 2.75) is 25.0 Å². The van der Waals surface area contributed by atoms with Crippen molar-refractivity contribution in [3.8, 4) is 0 Å². The fraction of sp³-hybridized carbons (Fsp3) is 1.00. The van der Waals surface area contributed by atoms with Crippen molar-refractivity contribution >= 4 is 0 Å². The van der Waals surface area contributed by atoms with E-state index in [0.717, 1.165) is 0 Å². The smallest absolute Gasteiger partial charge is 0.181 e. The number of rotatable bonds is 8. The highest BCUT2D eigenvalue weighted by molar-refractivity contribution is 4.67. The number of hydrogen-bond donors (Lipinski definition) is 0. The molecule has 0 saturated carbocycles. The van der Waals surface area contributed by atoms with E-state index in [1.54, 1.807) is 0 Å². The highest BCUT2D eigenvalue weighted by atomic mass is 16.8. The monoisotopic (exact) mass is 218 g/mol. The zero-order valence-electron chi connectivity index (χ0n) is 8.29. The van der Waals surface area contributed by atoms with E-state index >= 15 is 0 Å². The molecule has 0 N–H and O–H groups in total. The lowest BCUT2D eigenvalue weighted by Gasteiger charge is -2.15. The maximum Gasteiger partial charge on any atom is 0.181 e. The molecule has 6 heteroatoms. The minimum atomic E-state index is -0.106. The summed E-state index contributed by atoms with van der Waals surface area (Å²) >= 11 is 0. The molecule has 3 saturated heterocycles. The zero-order chi connectivity index (χ0) is 10.1. The summed E-state index contributed by atoms with van der Waals surface area (Å²) in [5.41, 5.74) is 0. The topological polar surface area (TPSA) is 65.3 Å². The third-order valence-electron chi connectivity index (χ3n) is 2.19. The van der Waals surface area contributed by atoms with Gasteiger partial charge in [-0.25, -0.2) is 0 Å². The number of hydrogen-bond acceptors (Lipinski definition) is 6.